The standard InChI is InChI=1S/C27H31NO3/c1-4-24-26(20-12-16-23(31-3)17-13-20)28-25(19-10-14-22(30-2)15-11-19)18-27(24,29)21-8-6-5-7-9-21/h5-17,24-26,28-29H,4,18H2,1-3H3/t24-,25-,26-,27-/m0/s1. The number of hydrogen-bond donors (Lipinski definition) is 2. The average Bonchev–Trinajstić information content (AvgIpc) is 2.84. The third kappa shape index (κ3) is 4.18. The van der Waals surface area contributed by atoms with E-state index in [9.17, 15) is 5.11 Å². The maximum Gasteiger partial charge on any atom is 0.118 e. The second-order valence-corrected chi connectivity index (χ2v) is 8.25. The van der Waals surface area contributed by atoms with Gasteiger partial charge in [-0.05, 0) is 47.4 Å². The van der Waals surface area contributed by atoms with Crippen LogP contribution < -0.4 is 14.8 Å². The van der Waals surface area contributed by atoms with Gasteiger partial charge in [-0.2, -0.15) is 0 Å². The van der Waals surface area contributed by atoms with Crippen molar-refractivity contribution in [2.75, 3.05) is 14.2 Å². The molecule has 0 aromatic heterocycles. The first-order valence-electron chi connectivity index (χ1n) is 10.9. The van der Waals surface area contributed by atoms with Crippen molar-refractivity contribution in [2.24, 2.45) is 5.92 Å². The molecule has 1 aliphatic heterocycles. The lowest BCUT2D eigenvalue weighted by atomic mass is 9.67. The Morgan fingerprint density at radius 3 is 1.90 bits per heavy atom. The lowest BCUT2D eigenvalue weighted by molar-refractivity contribution is -0.0830. The first-order chi connectivity index (χ1) is 15.1. The van der Waals surface area contributed by atoms with Gasteiger partial charge in [-0.3, -0.25) is 0 Å². The number of ether oxygens (including phenoxy) is 2. The molecule has 1 aliphatic rings. The Morgan fingerprint density at radius 1 is 0.839 bits per heavy atom. The van der Waals surface area contributed by atoms with Gasteiger partial charge in [0.15, 0.2) is 0 Å². The van der Waals surface area contributed by atoms with E-state index in [1.54, 1.807) is 14.2 Å². The molecule has 4 nitrogen and oxygen atoms in total. The molecule has 1 fully saturated rings. The number of aliphatic hydroxyl groups is 1. The number of rotatable bonds is 6. The second-order valence-electron chi connectivity index (χ2n) is 8.25. The molecule has 2 N–H and O–H groups in total. The first kappa shape index (κ1) is 21.4. The third-order valence-corrected chi connectivity index (χ3v) is 6.62. The molecule has 31 heavy (non-hydrogen) atoms. The molecule has 0 aliphatic carbocycles. The van der Waals surface area contributed by atoms with Crippen LogP contribution in [-0.2, 0) is 5.60 Å². The van der Waals surface area contributed by atoms with Crippen molar-refractivity contribution in [1.82, 2.24) is 5.32 Å². The van der Waals surface area contributed by atoms with Crippen LogP contribution in [0.4, 0.5) is 0 Å². The van der Waals surface area contributed by atoms with Gasteiger partial charge in [-0.15, -0.1) is 0 Å². The summed E-state index contributed by atoms with van der Waals surface area (Å²) in [7, 11) is 3.35. The molecular weight excluding hydrogens is 386 g/mol. The summed E-state index contributed by atoms with van der Waals surface area (Å²) >= 11 is 0. The van der Waals surface area contributed by atoms with E-state index >= 15 is 0 Å². The summed E-state index contributed by atoms with van der Waals surface area (Å²) in [6.45, 7) is 2.16. The summed E-state index contributed by atoms with van der Waals surface area (Å²) in [5.74, 6) is 1.69. The monoisotopic (exact) mass is 417 g/mol. The Kier molecular flexibility index (Phi) is 6.30. The Balaban J connectivity index is 1.77. The predicted octanol–water partition coefficient (Wildman–Crippen LogP) is 5.39. The van der Waals surface area contributed by atoms with E-state index in [0.29, 0.717) is 6.42 Å². The molecule has 0 amide bonds. The lowest BCUT2D eigenvalue weighted by Crippen LogP contribution is -2.51. The van der Waals surface area contributed by atoms with Gasteiger partial charge >= 0.3 is 0 Å². The Morgan fingerprint density at radius 2 is 1.39 bits per heavy atom. The molecule has 3 aromatic carbocycles. The van der Waals surface area contributed by atoms with E-state index in [2.05, 4.69) is 36.5 Å². The van der Waals surface area contributed by atoms with Crippen LogP contribution >= 0.6 is 0 Å². The van der Waals surface area contributed by atoms with Crippen molar-refractivity contribution in [3.8, 4) is 11.5 Å². The van der Waals surface area contributed by atoms with Crippen LogP contribution in [0.3, 0.4) is 0 Å². The first-order valence-corrected chi connectivity index (χ1v) is 10.9. The van der Waals surface area contributed by atoms with Crippen LogP contribution in [0.15, 0.2) is 78.9 Å². The minimum absolute atomic E-state index is 0.00182. The van der Waals surface area contributed by atoms with E-state index in [0.717, 1.165) is 34.6 Å². The largest absolute Gasteiger partial charge is 0.497 e. The lowest BCUT2D eigenvalue weighted by Gasteiger charge is -2.49. The predicted molar refractivity (Wildman–Crippen MR) is 123 cm³/mol. The molecule has 0 radical (unpaired) electrons. The zero-order valence-corrected chi connectivity index (χ0v) is 18.4. The van der Waals surface area contributed by atoms with Crippen molar-refractivity contribution >= 4 is 0 Å². The highest BCUT2D eigenvalue weighted by Crippen LogP contribution is 2.50. The molecular formula is C27H31NO3. The second kappa shape index (κ2) is 9.13. The van der Waals surface area contributed by atoms with E-state index in [1.165, 1.54) is 0 Å². The van der Waals surface area contributed by atoms with Crippen LogP contribution in [0, 0.1) is 5.92 Å². The van der Waals surface area contributed by atoms with Crippen LogP contribution in [0.2, 0.25) is 0 Å². The minimum atomic E-state index is -0.948. The summed E-state index contributed by atoms with van der Waals surface area (Å²) < 4.78 is 10.7. The van der Waals surface area contributed by atoms with Crippen LogP contribution in [-0.4, -0.2) is 19.3 Å². The molecule has 0 bridgehead atoms. The SMILES string of the molecule is CC[C@H]1[C@H](c2ccc(OC)cc2)N[C@H](c2ccc(OC)cc2)C[C@]1(O)c1ccccc1. The topological polar surface area (TPSA) is 50.7 Å². The summed E-state index contributed by atoms with van der Waals surface area (Å²) in [6.07, 6.45) is 1.46. The molecule has 4 rings (SSSR count). The number of hydrogen-bond acceptors (Lipinski definition) is 4. The highest BCUT2D eigenvalue weighted by molar-refractivity contribution is 5.36. The van der Waals surface area contributed by atoms with E-state index < -0.39 is 5.60 Å². The Labute approximate surface area is 184 Å². The van der Waals surface area contributed by atoms with Crippen molar-refractivity contribution in [3.63, 3.8) is 0 Å². The van der Waals surface area contributed by atoms with E-state index in [4.69, 9.17) is 9.47 Å². The number of nitrogens with one attached hydrogen (secondary N) is 1. The molecule has 162 valence electrons. The minimum Gasteiger partial charge on any atom is -0.497 e. The van der Waals surface area contributed by atoms with Gasteiger partial charge in [0, 0.05) is 24.4 Å². The normalized spacial score (nSPS) is 25.7. The fourth-order valence-electron chi connectivity index (χ4n) is 4.95. The van der Waals surface area contributed by atoms with Crippen LogP contribution in [0.1, 0.15) is 48.5 Å². The van der Waals surface area contributed by atoms with Gasteiger partial charge in [-0.1, -0.05) is 61.5 Å². The quantitative estimate of drug-likeness (QED) is 0.564. The zero-order valence-electron chi connectivity index (χ0n) is 18.4. The fourth-order valence-corrected chi connectivity index (χ4v) is 4.95. The van der Waals surface area contributed by atoms with Crippen LogP contribution in [0.25, 0.3) is 0 Å². The summed E-state index contributed by atoms with van der Waals surface area (Å²) in [5.41, 5.74) is 2.32. The smallest absolute Gasteiger partial charge is 0.118 e. The van der Waals surface area contributed by atoms with Crippen molar-refractivity contribution in [1.29, 1.82) is 0 Å². The molecule has 1 saturated heterocycles. The molecule has 0 saturated carbocycles. The number of benzene rings is 3. The van der Waals surface area contributed by atoms with Crippen molar-refractivity contribution in [2.45, 2.75) is 37.5 Å². The van der Waals surface area contributed by atoms with Crippen molar-refractivity contribution < 1.29 is 14.6 Å². The number of methoxy groups -OCH3 is 2. The van der Waals surface area contributed by atoms with E-state index in [1.807, 2.05) is 54.6 Å². The van der Waals surface area contributed by atoms with Gasteiger partial charge in [0.1, 0.15) is 11.5 Å². The number of piperidine rings is 1. The third-order valence-electron chi connectivity index (χ3n) is 6.62. The molecule has 0 spiro atoms. The molecule has 4 heteroatoms. The van der Waals surface area contributed by atoms with Gasteiger partial charge in [0.2, 0.25) is 0 Å². The average molecular weight is 418 g/mol. The van der Waals surface area contributed by atoms with Gasteiger partial charge in [0.05, 0.1) is 19.8 Å². The summed E-state index contributed by atoms with van der Waals surface area (Å²) in [4.78, 5) is 0. The maximum atomic E-state index is 12.2. The fraction of sp³-hybridized carbons (Fsp3) is 0.333. The van der Waals surface area contributed by atoms with Gasteiger partial charge in [0.25, 0.3) is 0 Å². The maximum absolute atomic E-state index is 12.2. The van der Waals surface area contributed by atoms with Gasteiger partial charge in [-0.25, -0.2) is 0 Å². The Hall–Kier alpha value is -2.82. The van der Waals surface area contributed by atoms with Gasteiger partial charge < -0.3 is 19.9 Å². The molecule has 3 aromatic rings. The molecule has 0 unspecified atom stereocenters. The summed E-state index contributed by atoms with van der Waals surface area (Å²) in [6, 6.07) is 26.4. The van der Waals surface area contributed by atoms with E-state index in [-0.39, 0.29) is 18.0 Å². The molecule has 1 heterocycles. The molecule has 4 atom stereocenters. The van der Waals surface area contributed by atoms with Crippen LogP contribution in [0.5, 0.6) is 11.5 Å². The highest BCUT2D eigenvalue weighted by atomic mass is 16.5. The highest BCUT2D eigenvalue weighted by Gasteiger charge is 2.48. The Bertz CT molecular complexity index is 972. The summed E-state index contributed by atoms with van der Waals surface area (Å²) in [5, 5.41) is 16.0. The van der Waals surface area contributed by atoms with Crippen molar-refractivity contribution in [3.05, 3.63) is 95.6 Å². The zero-order chi connectivity index (χ0) is 21.8.